The lowest BCUT2D eigenvalue weighted by atomic mass is 9.86. The number of rotatable bonds is 8. The number of hydrogen-bond donors (Lipinski definition) is 2. The van der Waals surface area contributed by atoms with Crippen LogP contribution in [0.1, 0.15) is 18.4 Å². The second-order valence-electron chi connectivity index (χ2n) is 8.72. The highest BCUT2D eigenvalue weighted by Crippen LogP contribution is 2.31. The van der Waals surface area contributed by atoms with E-state index in [-0.39, 0.29) is 5.91 Å². The monoisotopic (exact) mass is 472 g/mol. The van der Waals surface area contributed by atoms with Crippen molar-refractivity contribution in [2.24, 2.45) is 5.73 Å². The third kappa shape index (κ3) is 5.05. The average molecular weight is 473 g/mol. The minimum absolute atomic E-state index is 0.278. The number of nitrogens with two attached hydrogens (primary N) is 1. The van der Waals surface area contributed by atoms with E-state index in [1.807, 2.05) is 60.7 Å². The molecule has 174 valence electrons. The van der Waals surface area contributed by atoms with Crippen molar-refractivity contribution in [2.45, 2.75) is 24.8 Å². The Morgan fingerprint density at radius 2 is 1.71 bits per heavy atom. The zero-order valence-electron chi connectivity index (χ0n) is 18.9. The number of benzene rings is 3. The summed E-state index contributed by atoms with van der Waals surface area (Å²) in [4.78, 5) is 19.2. The number of likely N-dealkylation sites (tertiary alicyclic amines) is 1. The maximum atomic E-state index is 12.3. The molecule has 0 aliphatic carbocycles. The fourth-order valence-electron chi connectivity index (χ4n) is 4.40. The van der Waals surface area contributed by atoms with Crippen molar-refractivity contribution < 1.29 is 9.53 Å². The van der Waals surface area contributed by atoms with E-state index in [1.54, 1.807) is 11.3 Å². The SMILES string of the molecule is NC(=O)C1(Nc2ccccc2)CCN(CCc2ccc(Oc3nc4ccccc4s3)cc2)CC1. The maximum Gasteiger partial charge on any atom is 0.279 e. The molecule has 0 spiro atoms. The zero-order valence-corrected chi connectivity index (χ0v) is 19.8. The molecule has 0 atom stereocenters. The molecule has 7 heteroatoms. The van der Waals surface area contributed by atoms with Gasteiger partial charge in [0.25, 0.3) is 5.19 Å². The highest BCUT2D eigenvalue weighted by molar-refractivity contribution is 7.20. The summed E-state index contributed by atoms with van der Waals surface area (Å²) in [5.41, 5.74) is 8.28. The van der Waals surface area contributed by atoms with E-state index in [0.717, 1.165) is 47.7 Å². The van der Waals surface area contributed by atoms with Gasteiger partial charge in [-0.25, -0.2) is 4.98 Å². The largest absolute Gasteiger partial charge is 0.431 e. The maximum absolute atomic E-state index is 12.3. The Morgan fingerprint density at radius 1 is 1.00 bits per heavy atom. The second kappa shape index (κ2) is 9.83. The normalized spacial score (nSPS) is 15.8. The molecule has 1 fully saturated rings. The van der Waals surface area contributed by atoms with Crippen molar-refractivity contribution in [1.82, 2.24) is 9.88 Å². The summed E-state index contributed by atoms with van der Waals surface area (Å²) in [6.07, 6.45) is 2.34. The van der Waals surface area contributed by atoms with E-state index in [0.29, 0.717) is 18.0 Å². The standard InChI is InChI=1S/C27H28N4O2S/c28-25(32)27(30-21-6-2-1-3-7-21)15-18-31(19-16-27)17-14-20-10-12-22(13-11-20)33-26-29-23-8-4-5-9-24(23)34-26/h1-13,30H,14-19H2,(H2,28,32). The van der Waals surface area contributed by atoms with Crippen LogP contribution in [0.5, 0.6) is 10.9 Å². The number of anilines is 1. The Hall–Kier alpha value is -3.42. The predicted octanol–water partition coefficient (Wildman–Crippen LogP) is 5.06. The van der Waals surface area contributed by atoms with Crippen molar-refractivity contribution in [3.63, 3.8) is 0 Å². The molecule has 6 nitrogen and oxygen atoms in total. The molecule has 2 heterocycles. The fourth-order valence-corrected chi connectivity index (χ4v) is 5.23. The number of para-hydroxylation sites is 2. The molecule has 0 radical (unpaired) electrons. The minimum Gasteiger partial charge on any atom is -0.431 e. The van der Waals surface area contributed by atoms with Crippen LogP contribution in [-0.4, -0.2) is 41.0 Å². The van der Waals surface area contributed by atoms with Crippen LogP contribution in [0.3, 0.4) is 0 Å². The molecular weight excluding hydrogens is 444 g/mol. The molecule has 5 rings (SSSR count). The number of primary amides is 1. The summed E-state index contributed by atoms with van der Waals surface area (Å²) in [6, 6.07) is 26.1. The molecule has 0 unspecified atom stereocenters. The van der Waals surface area contributed by atoms with Crippen LogP contribution in [0, 0.1) is 0 Å². The number of piperidine rings is 1. The van der Waals surface area contributed by atoms with Gasteiger partial charge < -0.3 is 20.7 Å². The van der Waals surface area contributed by atoms with Crippen molar-refractivity contribution in [1.29, 1.82) is 0 Å². The molecule has 34 heavy (non-hydrogen) atoms. The molecule has 0 bridgehead atoms. The van der Waals surface area contributed by atoms with Crippen molar-refractivity contribution in [3.05, 3.63) is 84.4 Å². The van der Waals surface area contributed by atoms with Gasteiger partial charge in [0.1, 0.15) is 11.3 Å². The molecule has 3 N–H and O–H groups in total. The topological polar surface area (TPSA) is 80.5 Å². The average Bonchev–Trinajstić information content (AvgIpc) is 3.27. The fraction of sp³-hybridized carbons (Fsp3) is 0.259. The molecule has 1 saturated heterocycles. The summed E-state index contributed by atoms with van der Waals surface area (Å²) in [5, 5.41) is 4.06. The first kappa shape index (κ1) is 22.4. The van der Waals surface area contributed by atoms with Gasteiger partial charge in [-0.05, 0) is 61.2 Å². The van der Waals surface area contributed by atoms with Gasteiger partial charge in [0.05, 0.1) is 10.2 Å². The Labute approximate surface area is 203 Å². The van der Waals surface area contributed by atoms with Crippen LogP contribution >= 0.6 is 11.3 Å². The van der Waals surface area contributed by atoms with Gasteiger partial charge in [0.15, 0.2) is 0 Å². The second-order valence-corrected chi connectivity index (χ2v) is 9.72. The molecule has 3 aromatic carbocycles. The smallest absolute Gasteiger partial charge is 0.279 e. The molecule has 1 aliphatic heterocycles. The Morgan fingerprint density at radius 3 is 2.41 bits per heavy atom. The first-order chi connectivity index (χ1) is 16.6. The number of thiazole rings is 1. The van der Waals surface area contributed by atoms with Gasteiger partial charge in [0, 0.05) is 25.3 Å². The first-order valence-electron chi connectivity index (χ1n) is 11.6. The molecule has 1 amide bonds. The Balaban J connectivity index is 1.13. The summed E-state index contributed by atoms with van der Waals surface area (Å²) in [6.45, 7) is 2.61. The van der Waals surface area contributed by atoms with E-state index in [9.17, 15) is 4.79 Å². The van der Waals surface area contributed by atoms with Crippen LogP contribution in [0.15, 0.2) is 78.9 Å². The molecule has 1 aromatic heterocycles. The van der Waals surface area contributed by atoms with Gasteiger partial charge >= 0.3 is 0 Å². The van der Waals surface area contributed by atoms with Crippen LogP contribution in [-0.2, 0) is 11.2 Å². The summed E-state index contributed by atoms with van der Waals surface area (Å²) < 4.78 is 7.07. The van der Waals surface area contributed by atoms with E-state index >= 15 is 0 Å². The van der Waals surface area contributed by atoms with Gasteiger partial charge in [-0.1, -0.05) is 53.8 Å². The molecule has 4 aromatic rings. The molecule has 1 aliphatic rings. The zero-order chi connectivity index (χ0) is 23.4. The van der Waals surface area contributed by atoms with Gasteiger partial charge in [0.2, 0.25) is 5.91 Å². The third-order valence-corrected chi connectivity index (χ3v) is 7.37. The highest BCUT2D eigenvalue weighted by atomic mass is 32.1. The van der Waals surface area contributed by atoms with E-state index in [4.69, 9.17) is 10.5 Å². The first-order valence-corrected chi connectivity index (χ1v) is 12.4. The lowest BCUT2D eigenvalue weighted by Gasteiger charge is -2.40. The number of nitrogens with one attached hydrogen (secondary N) is 1. The lowest BCUT2D eigenvalue weighted by molar-refractivity contribution is -0.123. The quantitative estimate of drug-likeness (QED) is 0.375. The Kier molecular flexibility index (Phi) is 6.47. The van der Waals surface area contributed by atoms with Crippen molar-refractivity contribution in [3.8, 4) is 10.9 Å². The summed E-state index contributed by atoms with van der Waals surface area (Å²) in [7, 11) is 0. The summed E-state index contributed by atoms with van der Waals surface area (Å²) in [5.74, 6) is 0.513. The minimum atomic E-state index is -0.683. The number of amides is 1. The molecule has 0 saturated carbocycles. The summed E-state index contributed by atoms with van der Waals surface area (Å²) >= 11 is 1.55. The van der Waals surface area contributed by atoms with Gasteiger partial charge in [-0.2, -0.15) is 0 Å². The Bertz CT molecular complexity index is 1220. The lowest BCUT2D eigenvalue weighted by Crippen LogP contribution is -2.57. The number of ether oxygens (including phenoxy) is 1. The van der Waals surface area contributed by atoms with Gasteiger partial charge in [-0.15, -0.1) is 0 Å². The number of carbonyl (C=O) groups excluding carboxylic acids is 1. The number of fused-ring (bicyclic) bond motifs is 1. The van der Waals surface area contributed by atoms with Crippen molar-refractivity contribution in [2.75, 3.05) is 25.0 Å². The number of carbonyl (C=O) groups is 1. The van der Waals surface area contributed by atoms with Gasteiger partial charge in [-0.3, -0.25) is 4.79 Å². The molecular formula is C27H28N4O2S. The van der Waals surface area contributed by atoms with E-state index in [1.165, 1.54) is 5.56 Å². The van der Waals surface area contributed by atoms with E-state index in [2.05, 4.69) is 33.4 Å². The van der Waals surface area contributed by atoms with E-state index < -0.39 is 5.54 Å². The van der Waals surface area contributed by atoms with Crippen molar-refractivity contribution >= 4 is 33.1 Å². The highest BCUT2D eigenvalue weighted by Gasteiger charge is 2.39. The predicted molar refractivity (Wildman–Crippen MR) is 138 cm³/mol. The third-order valence-electron chi connectivity index (χ3n) is 6.46. The van der Waals surface area contributed by atoms with Crippen LogP contribution in [0.25, 0.3) is 10.2 Å². The number of aromatic nitrogens is 1. The van der Waals surface area contributed by atoms with Crippen LogP contribution < -0.4 is 15.8 Å². The van der Waals surface area contributed by atoms with Crippen LogP contribution in [0.2, 0.25) is 0 Å². The van der Waals surface area contributed by atoms with Crippen LogP contribution in [0.4, 0.5) is 5.69 Å². The number of nitrogens with zero attached hydrogens (tertiary/aromatic N) is 2. The number of hydrogen-bond acceptors (Lipinski definition) is 6.